The molecule has 0 atom stereocenters. The first-order chi connectivity index (χ1) is 13.3. The van der Waals surface area contributed by atoms with E-state index in [1.807, 2.05) is 13.8 Å². The number of ether oxygens (including phenoxy) is 1. The second-order valence-electron chi connectivity index (χ2n) is 6.75. The predicted octanol–water partition coefficient (Wildman–Crippen LogP) is 5.18. The van der Waals surface area contributed by atoms with E-state index < -0.39 is 5.41 Å². The van der Waals surface area contributed by atoms with Crippen LogP contribution in [0.3, 0.4) is 0 Å². The summed E-state index contributed by atoms with van der Waals surface area (Å²) < 4.78 is 10.5. The average molecular weight is 420 g/mol. The fourth-order valence-corrected chi connectivity index (χ4v) is 2.78. The van der Waals surface area contributed by atoms with E-state index in [2.05, 4.69) is 15.5 Å². The number of aromatic nitrogens is 2. The van der Waals surface area contributed by atoms with Crippen LogP contribution in [0.25, 0.3) is 0 Å². The van der Waals surface area contributed by atoms with Crippen molar-refractivity contribution in [1.29, 1.82) is 0 Å². The van der Waals surface area contributed by atoms with E-state index >= 15 is 0 Å². The number of carbonyl (C=O) groups is 1. The molecule has 8 heteroatoms. The van der Waals surface area contributed by atoms with E-state index in [0.29, 0.717) is 33.2 Å². The van der Waals surface area contributed by atoms with Crippen molar-refractivity contribution < 1.29 is 14.1 Å². The highest BCUT2D eigenvalue weighted by atomic mass is 35.5. The van der Waals surface area contributed by atoms with Crippen LogP contribution in [0.5, 0.6) is 5.75 Å². The number of anilines is 1. The lowest BCUT2D eigenvalue weighted by Gasteiger charge is -2.24. The summed E-state index contributed by atoms with van der Waals surface area (Å²) in [5, 5.41) is 7.55. The van der Waals surface area contributed by atoms with E-state index in [-0.39, 0.29) is 12.5 Å². The number of carbonyl (C=O) groups excluding carboxylic acids is 1. The van der Waals surface area contributed by atoms with Crippen LogP contribution >= 0.6 is 23.2 Å². The molecule has 0 bridgehead atoms. The zero-order valence-corrected chi connectivity index (χ0v) is 17.1. The van der Waals surface area contributed by atoms with E-state index in [1.54, 1.807) is 49.4 Å². The van der Waals surface area contributed by atoms with Crippen molar-refractivity contribution in [3.05, 3.63) is 69.8 Å². The summed E-state index contributed by atoms with van der Waals surface area (Å²) in [5.74, 6) is 1.42. The molecular formula is C20H19Cl2N3O3. The van der Waals surface area contributed by atoms with Crippen LogP contribution in [-0.2, 0) is 16.8 Å². The molecule has 1 heterocycles. The lowest BCUT2D eigenvalue weighted by Crippen LogP contribution is -2.34. The highest BCUT2D eigenvalue weighted by Crippen LogP contribution is 2.31. The summed E-state index contributed by atoms with van der Waals surface area (Å²) in [4.78, 5) is 16.9. The van der Waals surface area contributed by atoms with Gasteiger partial charge in [0.15, 0.2) is 6.61 Å². The van der Waals surface area contributed by atoms with Crippen LogP contribution in [0.15, 0.2) is 47.0 Å². The minimum absolute atomic E-state index is 0.165. The van der Waals surface area contributed by atoms with Crippen molar-refractivity contribution in [3.8, 4) is 5.75 Å². The number of halogens is 2. The number of nitrogens with one attached hydrogen (secondary N) is 1. The molecule has 6 nitrogen and oxygen atoms in total. The van der Waals surface area contributed by atoms with Gasteiger partial charge in [-0.25, -0.2) is 0 Å². The third-order valence-corrected chi connectivity index (χ3v) is 5.00. The molecule has 0 unspecified atom stereocenters. The van der Waals surface area contributed by atoms with Crippen molar-refractivity contribution in [2.75, 3.05) is 5.32 Å². The number of hydrogen-bond acceptors (Lipinski definition) is 5. The summed E-state index contributed by atoms with van der Waals surface area (Å²) in [7, 11) is 0. The van der Waals surface area contributed by atoms with Crippen molar-refractivity contribution in [1.82, 2.24) is 10.1 Å². The van der Waals surface area contributed by atoms with E-state index in [9.17, 15) is 4.79 Å². The molecule has 1 N–H and O–H groups in total. The fourth-order valence-electron chi connectivity index (χ4n) is 2.49. The van der Waals surface area contributed by atoms with Gasteiger partial charge >= 0.3 is 0 Å². The monoisotopic (exact) mass is 419 g/mol. The molecule has 3 rings (SSSR count). The predicted molar refractivity (Wildman–Crippen MR) is 108 cm³/mol. The topological polar surface area (TPSA) is 77.2 Å². The molecule has 0 aliphatic rings. The maximum absolute atomic E-state index is 12.8. The number of rotatable bonds is 6. The molecular weight excluding hydrogens is 401 g/mol. The molecule has 0 fully saturated rings. The minimum Gasteiger partial charge on any atom is -0.485 e. The molecule has 1 amide bonds. The summed E-state index contributed by atoms with van der Waals surface area (Å²) in [6, 6.07) is 12.2. The van der Waals surface area contributed by atoms with E-state index in [4.69, 9.17) is 32.5 Å². The summed E-state index contributed by atoms with van der Waals surface area (Å²) in [6.07, 6.45) is 0. The Morgan fingerprint density at radius 2 is 1.86 bits per heavy atom. The molecule has 0 saturated carbocycles. The van der Waals surface area contributed by atoms with E-state index in [1.165, 1.54) is 0 Å². The van der Waals surface area contributed by atoms with Gasteiger partial charge in [0.05, 0.1) is 15.5 Å². The molecule has 1 aromatic heterocycles. The maximum atomic E-state index is 12.8. The number of aryl methyl sites for hydroxylation is 1. The number of benzene rings is 2. The molecule has 0 spiro atoms. The van der Waals surface area contributed by atoms with Crippen LogP contribution in [0.2, 0.25) is 10.0 Å². The largest absolute Gasteiger partial charge is 0.485 e. The van der Waals surface area contributed by atoms with Gasteiger partial charge in [0.25, 0.3) is 0 Å². The van der Waals surface area contributed by atoms with Crippen molar-refractivity contribution in [2.24, 2.45) is 0 Å². The van der Waals surface area contributed by atoms with Gasteiger partial charge in [-0.15, -0.1) is 0 Å². The highest BCUT2D eigenvalue weighted by molar-refractivity contribution is 6.42. The molecule has 146 valence electrons. The van der Waals surface area contributed by atoms with Gasteiger partial charge in [0.2, 0.25) is 17.6 Å². The molecule has 0 aliphatic carbocycles. The van der Waals surface area contributed by atoms with Gasteiger partial charge in [-0.1, -0.05) is 34.4 Å². The SMILES string of the molecule is Cc1nc(COc2ccc(NC(=O)C(C)(C)c3ccc(Cl)c(Cl)c3)cc2)no1. The minimum atomic E-state index is -0.792. The zero-order chi connectivity index (χ0) is 20.3. The van der Waals surface area contributed by atoms with Crippen LogP contribution in [0.1, 0.15) is 31.1 Å². The Morgan fingerprint density at radius 3 is 2.46 bits per heavy atom. The van der Waals surface area contributed by atoms with E-state index in [0.717, 1.165) is 5.56 Å². The van der Waals surface area contributed by atoms with Gasteiger partial charge in [-0.2, -0.15) is 4.98 Å². The smallest absolute Gasteiger partial charge is 0.234 e. The van der Waals surface area contributed by atoms with Gasteiger partial charge in [-0.05, 0) is 55.8 Å². The highest BCUT2D eigenvalue weighted by Gasteiger charge is 2.30. The number of nitrogens with zero attached hydrogens (tertiary/aromatic N) is 2. The first-order valence-corrected chi connectivity index (χ1v) is 9.30. The third-order valence-electron chi connectivity index (χ3n) is 4.26. The maximum Gasteiger partial charge on any atom is 0.234 e. The quantitative estimate of drug-likeness (QED) is 0.595. The van der Waals surface area contributed by atoms with Crippen LogP contribution in [-0.4, -0.2) is 16.0 Å². The summed E-state index contributed by atoms with van der Waals surface area (Å²) in [5.41, 5.74) is 0.635. The lowest BCUT2D eigenvalue weighted by molar-refractivity contribution is -0.120. The van der Waals surface area contributed by atoms with Crippen LogP contribution < -0.4 is 10.1 Å². The standard InChI is InChI=1S/C20H19Cl2N3O3/c1-12-23-18(25-28-12)11-27-15-7-5-14(6-8-15)24-19(26)20(2,3)13-4-9-16(21)17(22)10-13/h4-10H,11H2,1-3H3,(H,24,26). The fraction of sp³-hybridized carbons (Fsp3) is 0.250. The molecule has 2 aromatic carbocycles. The Morgan fingerprint density at radius 1 is 1.14 bits per heavy atom. The van der Waals surface area contributed by atoms with Crippen molar-refractivity contribution in [2.45, 2.75) is 32.8 Å². The number of amides is 1. The molecule has 0 saturated heterocycles. The van der Waals surface area contributed by atoms with Gasteiger partial charge in [0, 0.05) is 12.6 Å². The van der Waals surface area contributed by atoms with Gasteiger partial charge in [-0.3, -0.25) is 4.79 Å². The second kappa shape index (κ2) is 8.20. The van der Waals surface area contributed by atoms with Crippen molar-refractivity contribution >= 4 is 34.8 Å². The second-order valence-corrected chi connectivity index (χ2v) is 7.57. The van der Waals surface area contributed by atoms with Crippen molar-refractivity contribution in [3.63, 3.8) is 0 Å². The molecule has 3 aromatic rings. The first-order valence-electron chi connectivity index (χ1n) is 8.55. The van der Waals surface area contributed by atoms with Crippen LogP contribution in [0.4, 0.5) is 5.69 Å². The Labute approximate surface area is 172 Å². The lowest BCUT2D eigenvalue weighted by atomic mass is 9.83. The molecule has 28 heavy (non-hydrogen) atoms. The molecule has 0 radical (unpaired) electrons. The Hall–Kier alpha value is -2.57. The first kappa shape index (κ1) is 20.2. The third kappa shape index (κ3) is 4.64. The number of hydrogen-bond donors (Lipinski definition) is 1. The zero-order valence-electron chi connectivity index (χ0n) is 15.6. The van der Waals surface area contributed by atoms with Gasteiger partial charge < -0.3 is 14.6 Å². The summed E-state index contributed by atoms with van der Waals surface area (Å²) >= 11 is 12.0. The average Bonchev–Trinajstić information content (AvgIpc) is 3.08. The molecule has 0 aliphatic heterocycles. The normalized spacial score (nSPS) is 11.3. The Kier molecular flexibility index (Phi) is 5.91. The van der Waals surface area contributed by atoms with Gasteiger partial charge in [0.1, 0.15) is 5.75 Å². The Balaban J connectivity index is 1.63. The van der Waals surface area contributed by atoms with Crippen LogP contribution in [0, 0.1) is 6.92 Å². The Bertz CT molecular complexity index is 985. The summed E-state index contributed by atoms with van der Waals surface area (Å²) in [6.45, 7) is 5.57.